The molecule has 1 fully saturated rings. The van der Waals surface area contributed by atoms with Crippen LogP contribution in [0.1, 0.15) is 38.3 Å². The molecular weight excluding hydrogens is 214 g/mol. The Labute approximate surface area is 103 Å². The summed E-state index contributed by atoms with van der Waals surface area (Å²) >= 11 is 0. The van der Waals surface area contributed by atoms with Gasteiger partial charge in [-0.1, -0.05) is 0 Å². The molecule has 0 bridgehead atoms. The van der Waals surface area contributed by atoms with Crippen molar-refractivity contribution in [2.75, 3.05) is 20.2 Å². The molecule has 4 heteroatoms. The second kappa shape index (κ2) is 5.19. The molecule has 0 saturated carbocycles. The number of aromatic nitrogens is 2. The van der Waals surface area contributed by atoms with Crippen molar-refractivity contribution < 1.29 is 4.74 Å². The smallest absolute Gasteiger partial charge is 0.0744 e. The molecular formula is C13H23N3O. The van der Waals surface area contributed by atoms with Crippen molar-refractivity contribution in [3.05, 3.63) is 18.0 Å². The molecule has 1 aromatic heterocycles. The number of nitrogens with one attached hydrogen (secondary N) is 1. The Morgan fingerprint density at radius 1 is 1.47 bits per heavy atom. The highest BCUT2D eigenvalue weighted by Crippen LogP contribution is 2.27. The van der Waals surface area contributed by atoms with E-state index in [9.17, 15) is 0 Å². The Balaban J connectivity index is 2.06. The van der Waals surface area contributed by atoms with E-state index in [1.54, 1.807) is 0 Å². The van der Waals surface area contributed by atoms with Crippen LogP contribution in [-0.2, 0) is 11.2 Å². The summed E-state index contributed by atoms with van der Waals surface area (Å²) in [5.41, 5.74) is 1.29. The van der Waals surface area contributed by atoms with Gasteiger partial charge in [-0.2, -0.15) is 5.10 Å². The summed E-state index contributed by atoms with van der Waals surface area (Å²) in [5.74, 6) is 0. The molecule has 4 nitrogen and oxygen atoms in total. The fourth-order valence-corrected chi connectivity index (χ4v) is 2.46. The van der Waals surface area contributed by atoms with Gasteiger partial charge < -0.3 is 10.1 Å². The minimum atomic E-state index is 0.0100. The van der Waals surface area contributed by atoms with E-state index in [-0.39, 0.29) is 5.60 Å². The van der Waals surface area contributed by atoms with Crippen LogP contribution in [0, 0.1) is 0 Å². The number of nitrogens with zero attached hydrogens (tertiary/aromatic N) is 2. The van der Waals surface area contributed by atoms with E-state index in [1.807, 2.05) is 18.0 Å². The van der Waals surface area contributed by atoms with E-state index in [0.717, 1.165) is 32.4 Å². The summed E-state index contributed by atoms with van der Waals surface area (Å²) in [6.07, 6.45) is 7.25. The van der Waals surface area contributed by atoms with Gasteiger partial charge in [0.1, 0.15) is 0 Å². The molecule has 96 valence electrons. The van der Waals surface area contributed by atoms with Crippen LogP contribution < -0.4 is 5.32 Å². The Hall–Kier alpha value is -0.870. The summed E-state index contributed by atoms with van der Waals surface area (Å²) in [4.78, 5) is 0. The van der Waals surface area contributed by atoms with Gasteiger partial charge in [-0.05, 0) is 45.3 Å². The molecule has 1 saturated heterocycles. The third-order valence-electron chi connectivity index (χ3n) is 3.66. The maximum Gasteiger partial charge on any atom is 0.0744 e. The first kappa shape index (κ1) is 12.6. The van der Waals surface area contributed by atoms with Gasteiger partial charge in [-0.3, -0.25) is 4.68 Å². The Morgan fingerprint density at radius 2 is 2.18 bits per heavy atom. The lowest BCUT2D eigenvalue weighted by atomic mass is 9.86. The van der Waals surface area contributed by atoms with Crippen molar-refractivity contribution in [2.45, 2.75) is 44.8 Å². The zero-order chi connectivity index (χ0) is 12.3. The average molecular weight is 237 g/mol. The van der Waals surface area contributed by atoms with Crippen LogP contribution in [0.5, 0.6) is 0 Å². The van der Waals surface area contributed by atoms with Gasteiger partial charge in [0.2, 0.25) is 0 Å². The molecule has 1 aliphatic rings. The lowest BCUT2D eigenvalue weighted by Gasteiger charge is -2.36. The van der Waals surface area contributed by atoms with Gasteiger partial charge in [-0.25, -0.2) is 0 Å². The zero-order valence-electron chi connectivity index (χ0n) is 11.1. The van der Waals surface area contributed by atoms with Gasteiger partial charge >= 0.3 is 0 Å². The molecule has 0 amide bonds. The molecule has 0 unspecified atom stereocenters. The third kappa shape index (κ3) is 2.87. The van der Waals surface area contributed by atoms with Crippen molar-refractivity contribution >= 4 is 0 Å². The molecule has 17 heavy (non-hydrogen) atoms. The van der Waals surface area contributed by atoms with E-state index in [4.69, 9.17) is 4.74 Å². The number of hydrogen-bond acceptors (Lipinski definition) is 3. The molecule has 1 aromatic rings. The standard InChI is InChI=1S/C13H23N3O/c1-11(2)16-10-12(9-15-16)8-13(17-3)4-6-14-7-5-13/h9-11,14H,4-8H2,1-3H3. The predicted molar refractivity (Wildman–Crippen MR) is 68.2 cm³/mol. The van der Waals surface area contributed by atoms with Crippen molar-refractivity contribution in [1.82, 2.24) is 15.1 Å². The fourth-order valence-electron chi connectivity index (χ4n) is 2.46. The van der Waals surface area contributed by atoms with E-state index in [1.165, 1.54) is 5.56 Å². The van der Waals surface area contributed by atoms with Crippen molar-refractivity contribution in [1.29, 1.82) is 0 Å². The lowest BCUT2D eigenvalue weighted by Crippen LogP contribution is -2.44. The summed E-state index contributed by atoms with van der Waals surface area (Å²) in [5, 5.41) is 7.77. The average Bonchev–Trinajstić information content (AvgIpc) is 2.79. The summed E-state index contributed by atoms with van der Waals surface area (Å²) < 4.78 is 7.79. The minimum absolute atomic E-state index is 0.0100. The predicted octanol–water partition coefficient (Wildman–Crippen LogP) is 1.78. The second-order valence-corrected chi connectivity index (χ2v) is 5.24. The molecule has 0 spiro atoms. The van der Waals surface area contributed by atoms with E-state index >= 15 is 0 Å². The van der Waals surface area contributed by atoms with E-state index < -0.39 is 0 Å². The third-order valence-corrected chi connectivity index (χ3v) is 3.66. The SMILES string of the molecule is COC1(Cc2cnn(C(C)C)c2)CCNCC1. The van der Waals surface area contributed by atoms with Crippen molar-refractivity contribution in [3.8, 4) is 0 Å². The van der Waals surface area contributed by atoms with E-state index in [2.05, 4.69) is 30.5 Å². The summed E-state index contributed by atoms with van der Waals surface area (Å²) in [6.45, 7) is 6.39. The summed E-state index contributed by atoms with van der Waals surface area (Å²) in [6, 6.07) is 0.426. The highest BCUT2D eigenvalue weighted by Gasteiger charge is 2.32. The molecule has 1 aliphatic heterocycles. The van der Waals surface area contributed by atoms with Crippen LogP contribution in [0.15, 0.2) is 12.4 Å². The van der Waals surface area contributed by atoms with Crippen LogP contribution in [0.4, 0.5) is 0 Å². The zero-order valence-corrected chi connectivity index (χ0v) is 11.1. The molecule has 2 rings (SSSR count). The number of rotatable bonds is 4. The van der Waals surface area contributed by atoms with Crippen molar-refractivity contribution in [3.63, 3.8) is 0 Å². The van der Waals surface area contributed by atoms with Gasteiger partial charge in [0.25, 0.3) is 0 Å². The van der Waals surface area contributed by atoms with Gasteiger partial charge in [-0.15, -0.1) is 0 Å². The molecule has 0 atom stereocenters. The van der Waals surface area contributed by atoms with Gasteiger partial charge in [0.15, 0.2) is 0 Å². The number of hydrogen-bond donors (Lipinski definition) is 1. The van der Waals surface area contributed by atoms with Crippen LogP contribution in [0.3, 0.4) is 0 Å². The molecule has 0 aromatic carbocycles. The van der Waals surface area contributed by atoms with Crippen LogP contribution in [-0.4, -0.2) is 35.6 Å². The highest BCUT2D eigenvalue weighted by atomic mass is 16.5. The first-order valence-corrected chi connectivity index (χ1v) is 6.44. The number of piperidine rings is 1. The topological polar surface area (TPSA) is 39.1 Å². The van der Waals surface area contributed by atoms with E-state index in [0.29, 0.717) is 6.04 Å². The Bertz CT molecular complexity index is 353. The largest absolute Gasteiger partial charge is 0.378 e. The number of ether oxygens (including phenoxy) is 1. The Morgan fingerprint density at radius 3 is 2.71 bits per heavy atom. The molecule has 2 heterocycles. The Kier molecular flexibility index (Phi) is 3.84. The lowest BCUT2D eigenvalue weighted by molar-refractivity contribution is -0.0333. The normalized spacial score (nSPS) is 19.8. The van der Waals surface area contributed by atoms with Gasteiger partial charge in [0.05, 0.1) is 11.8 Å². The highest BCUT2D eigenvalue weighted by molar-refractivity contribution is 5.10. The maximum absolute atomic E-state index is 5.78. The fraction of sp³-hybridized carbons (Fsp3) is 0.769. The molecule has 0 aliphatic carbocycles. The monoisotopic (exact) mass is 237 g/mol. The second-order valence-electron chi connectivity index (χ2n) is 5.24. The van der Waals surface area contributed by atoms with Gasteiger partial charge in [0, 0.05) is 25.8 Å². The minimum Gasteiger partial charge on any atom is -0.378 e. The van der Waals surface area contributed by atoms with Crippen LogP contribution in [0.25, 0.3) is 0 Å². The number of methoxy groups -OCH3 is 1. The quantitative estimate of drug-likeness (QED) is 0.867. The first-order chi connectivity index (χ1) is 8.15. The molecule has 0 radical (unpaired) electrons. The van der Waals surface area contributed by atoms with Crippen LogP contribution >= 0.6 is 0 Å². The summed E-state index contributed by atoms with van der Waals surface area (Å²) in [7, 11) is 1.83. The molecule has 1 N–H and O–H groups in total. The van der Waals surface area contributed by atoms with Crippen molar-refractivity contribution in [2.24, 2.45) is 0 Å². The maximum atomic E-state index is 5.78. The van der Waals surface area contributed by atoms with Crippen LogP contribution in [0.2, 0.25) is 0 Å². The first-order valence-electron chi connectivity index (χ1n) is 6.44.